The maximum atomic E-state index is 12.7. The number of nitrogens with zero attached hydrogens (tertiary/aromatic N) is 1. The molecule has 0 aromatic rings. The van der Waals surface area contributed by atoms with E-state index < -0.39 is 32.5 Å². The average molecular weight is 1030 g/mol. The van der Waals surface area contributed by atoms with Gasteiger partial charge in [-0.1, -0.05) is 233 Å². The molecule has 0 heterocycles. The lowest BCUT2D eigenvalue weighted by atomic mass is 10.0. The molecule has 0 aliphatic rings. The number of likely N-dealkylation sites (N-methyl/N-ethyl adjacent to an activating group) is 1. The number of phosphoric acid groups is 1. The van der Waals surface area contributed by atoms with Gasteiger partial charge in [0.15, 0.2) is 6.10 Å². The summed E-state index contributed by atoms with van der Waals surface area (Å²) in [7, 11) is 1.11. The van der Waals surface area contributed by atoms with E-state index in [2.05, 4.69) is 98.9 Å². The number of ether oxygens (including phenoxy) is 2. The quantitative estimate of drug-likeness (QED) is 0.0195. The van der Waals surface area contributed by atoms with Gasteiger partial charge in [-0.25, -0.2) is 0 Å². The average Bonchev–Trinajstić information content (AvgIpc) is 3.34. The Morgan fingerprint density at radius 3 is 1.24 bits per heavy atom. The molecular weight excluding hydrogens is 918 g/mol. The molecule has 0 N–H and O–H groups in total. The van der Waals surface area contributed by atoms with E-state index >= 15 is 0 Å². The Hall–Kier alpha value is -3.07. The molecule has 2 unspecified atom stereocenters. The zero-order chi connectivity index (χ0) is 52.7. The second-order valence-electron chi connectivity index (χ2n) is 20.3. The third-order valence-corrected chi connectivity index (χ3v) is 13.1. The van der Waals surface area contributed by atoms with Gasteiger partial charge < -0.3 is 27.9 Å². The minimum Gasteiger partial charge on any atom is -0.756 e. The van der Waals surface area contributed by atoms with Gasteiger partial charge in [0.1, 0.15) is 19.8 Å². The first kappa shape index (κ1) is 68.9. The van der Waals surface area contributed by atoms with Crippen LogP contribution in [0.4, 0.5) is 0 Å². The van der Waals surface area contributed by atoms with E-state index in [4.69, 9.17) is 18.5 Å². The van der Waals surface area contributed by atoms with Crippen molar-refractivity contribution in [2.45, 2.75) is 238 Å². The van der Waals surface area contributed by atoms with Gasteiger partial charge in [0, 0.05) is 12.8 Å². The summed E-state index contributed by atoms with van der Waals surface area (Å²) < 4.78 is 34.0. The smallest absolute Gasteiger partial charge is 0.306 e. The van der Waals surface area contributed by atoms with Crippen LogP contribution in [-0.2, 0) is 32.7 Å². The van der Waals surface area contributed by atoms with Crippen molar-refractivity contribution in [2.75, 3.05) is 47.5 Å². The maximum Gasteiger partial charge on any atom is 0.306 e. The predicted molar refractivity (Wildman–Crippen MR) is 305 cm³/mol. The van der Waals surface area contributed by atoms with Crippen LogP contribution in [0.3, 0.4) is 0 Å². The summed E-state index contributed by atoms with van der Waals surface area (Å²) in [6, 6.07) is 0. The largest absolute Gasteiger partial charge is 0.756 e. The van der Waals surface area contributed by atoms with Gasteiger partial charge in [0.05, 0.1) is 27.7 Å². The van der Waals surface area contributed by atoms with Crippen LogP contribution in [0.25, 0.3) is 0 Å². The Bertz CT molecular complexity index is 1540. The first-order valence-electron chi connectivity index (χ1n) is 28.9. The number of quaternary nitrogens is 1. The van der Waals surface area contributed by atoms with E-state index in [1.165, 1.54) is 135 Å². The van der Waals surface area contributed by atoms with Crippen LogP contribution in [0, 0.1) is 0 Å². The highest BCUT2D eigenvalue weighted by atomic mass is 31.2. The molecule has 0 rings (SSSR count). The number of carbonyl (C=O) groups excluding carboxylic acids is 2. The zero-order valence-electron chi connectivity index (χ0n) is 46.8. The Balaban J connectivity index is 4.19. The number of phosphoric ester groups is 1. The molecular formula is C62H108NO8P. The molecule has 0 bridgehead atoms. The molecule has 10 heteroatoms. The highest BCUT2D eigenvalue weighted by molar-refractivity contribution is 7.45. The minimum absolute atomic E-state index is 0.0484. The maximum absolute atomic E-state index is 12.7. The first-order chi connectivity index (χ1) is 35.0. The van der Waals surface area contributed by atoms with E-state index in [-0.39, 0.29) is 26.1 Å². The van der Waals surface area contributed by atoms with Crippen molar-refractivity contribution in [3.05, 3.63) is 97.2 Å². The van der Waals surface area contributed by atoms with E-state index in [1.807, 2.05) is 33.3 Å². The molecule has 0 saturated heterocycles. The van der Waals surface area contributed by atoms with Crippen LogP contribution in [0.1, 0.15) is 232 Å². The molecule has 0 amide bonds. The van der Waals surface area contributed by atoms with Crippen molar-refractivity contribution in [3.8, 4) is 0 Å². The van der Waals surface area contributed by atoms with Crippen LogP contribution in [0.2, 0.25) is 0 Å². The summed E-state index contributed by atoms with van der Waals surface area (Å²) in [6.45, 7) is 4.03. The number of esters is 2. The van der Waals surface area contributed by atoms with Gasteiger partial charge in [-0.15, -0.1) is 0 Å². The normalized spacial score (nSPS) is 14.0. The van der Waals surface area contributed by atoms with Gasteiger partial charge in [-0.2, -0.15) is 0 Å². The molecule has 9 nitrogen and oxygen atoms in total. The summed E-state index contributed by atoms with van der Waals surface area (Å²) >= 11 is 0. The molecule has 72 heavy (non-hydrogen) atoms. The summed E-state index contributed by atoms with van der Waals surface area (Å²) in [6.07, 6.45) is 72.0. The van der Waals surface area contributed by atoms with E-state index in [9.17, 15) is 19.0 Å². The van der Waals surface area contributed by atoms with Crippen LogP contribution < -0.4 is 4.89 Å². The molecule has 0 aromatic carbocycles. The lowest BCUT2D eigenvalue weighted by Gasteiger charge is -2.28. The fourth-order valence-electron chi connectivity index (χ4n) is 7.65. The predicted octanol–water partition coefficient (Wildman–Crippen LogP) is 17.4. The summed E-state index contributed by atoms with van der Waals surface area (Å²) in [5.74, 6) is -0.932. The zero-order valence-corrected chi connectivity index (χ0v) is 47.7. The number of allylic oxidation sites excluding steroid dienone is 16. The van der Waals surface area contributed by atoms with Gasteiger partial charge in [0.2, 0.25) is 0 Å². The van der Waals surface area contributed by atoms with Gasteiger partial charge in [0.25, 0.3) is 7.82 Å². The Kier molecular flexibility index (Phi) is 50.5. The molecule has 0 radical (unpaired) electrons. The summed E-state index contributed by atoms with van der Waals surface area (Å²) in [5, 5.41) is 0. The van der Waals surface area contributed by atoms with Crippen molar-refractivity contribution in [2.24, 2.45) is 0 Å². The molecule has 0 aliphatic carbocycles. The second-order valence-corrected chi connectivity index (χ2v) is 21.7. The third-order valence-electron chi connectivity index (χ3n) is 12.1. The van der Waals surface area contributed by atoms with E-state index in [0.29, 0.717) is 17.4 Å². The number of hydrogen-bond donors (Lipinski definition) is 0. The van der Waals surface area contributed by atoms with E-state index in [1.54, 1.807) is 0 Å². The van der Waals surface area contributed by atoms with Crippen LogP contribution in [-0.4, -0.2) is 70.0 Å². The highest BCUT2D eigenvalue weighted by Crippen LogP contribution is 2.38. The van der Waals surface area contributed by atoms with Crippen LogP contribution >= 0.6 is 7.82 Å². The molecule has 2 atom stereocenters. The van der Waals surface area contributed by atoms with Crippen molar-refractivity contribution in [1.29, 1.82) is 0 Å². The summed E-state index contributed by atoms with van der Waals surface area (Å²) in [4.78, 5) is 37.8. The Morgan fingerprint density at radius 2 is 0.819 bits per heavy atom. The SMILES string of the molecule is CC/C=C\C/C=C\C/C=C\C/C=C\C/C=C\C/C=C\CCC(=O)OC(COC(=O)CCCCCCCCCCCCCCCCCCC/C=C\C/C=C\CCCCCCC)COP(=O)([O-])OCC[N+](C)(C)C. The van der Waals surface area contributed by atoms with Gasteiger partial charge in [-0.3, -0.25) is 14.2 Å². The Labute approximate surface area is 443 Å². The first-order valence-corrected chi connectivity index (χ1v) is 30.4. The third kappa shape index (κ3) is 56.2. The van der Waals surface area contributed by atoms with E-state index in [0.717, 1.165) is 64.2 Å². The fourth-order valence-corrected chi connectivity index (χ4v) is 8.38. The van der Waals surface area contributed by atoms with Crippen molar-refractivity contribution in [3.63, 3.8) is 0 Å². The molecule has 0 aliphatic heterocycles. The molecule has 414 valence electrons. The van der Waals surface area contributed by atoms with Gasteiger partial charge >= 0.3 is 11.9 Å². The molecule has 0 aromatic heterocycles. The molecule has 0 fully saturated rings. The van der Waals surface area contributed by atoms with Crippen molar-refractivity contribution < 1.29 is 42.1 Å². The molecule has 0 saturated carbocycles. The van der Waals surface area contributed by atoms with Crippen molar-refractivity contribution in [1.82, 2.24) is 0 Å². The monoisotopic (exact) mass is 1030 g/mol. The number of carbonyl (C=O) groups is 2. The Morgan fingerprint density at radius 1 is 0.444 bits per heavy atom. The molecule has 0 spiro atoms. The summed E-state index contributed by atoms with van der Waals surface area (Å²) in [5.41, 5.74) is 0. The standard InChI is InChI=1S/C62H108NO8P/c1-6-8-10-12-14-16-18-20-22-24-26-27-28-29-30-31-32-33-34-35-37-38-40-42-44-46-48-50-52-54-61(64)68-58-60(59-70-72(66,67)69-57-56-63(3,4)5)71-62(65)55-53-51-49-47-45-43-41-39-36-25-23-21-19-17-15-13-11-9-7-2/h9,11,15,17-18,20-21,23-24,26,36,39,43,45,49,51,60H,6-8,10,12-14,16,19,22,25,27-35,37-38,40-42,44,46-48,50,52-59H2,1-5H3/b11-9-,17-15-,20-18-,23-21-,26-24-,39-36-,45-43-,51-49-. The van der Waals surface area contributed by atoms with Crippen LogP contribution in [0.5, 0.6) is 0 Å². The topological polar surface area (TPSA) is 111 Å². The fraction of sp³-hybridized carbons (Fsp3) is 0.710. The van der Waals surface area contributed by atoms with Gasteiger partial charge in [-0.05, 0) is 83.5 Å². The number of rotatable bonds is 52. The number of hydrogen-bond acceptors (Lipinski definition) is 8. The highest BCUT2D eigenvalue weighted by Gasteiger charge is 2.21. The number of unbranched alkanes of at least 4 members (excludes halogenated alkanes) is 22. The van der Waals surface area contributed by atoms with Crippen LogP contribution in [0.15, 0.2) is 97.2 Å². The van der Waals surface area contributed by atoms with Crippen molar-refractivity contribution >= 4 is 19.8 Å². The minimum atomic E-state index is -4.66. The second kappa shape index (κ2) is 52.8. The lowest BCUT2D eigenvalue weighted by molar-refractivity contribution is -0.870. The lowest BCUT2D eigenvalue weighted by Crippen LogP contribution is -2.37.